The van der Waals surface area contributed by atoms with E-state index in [-0.39, 0.29) is 29.3 Å². The molecule has 0 heterocycles. The van der Waals surface area contributed by atoms with E-state index in [2.05, 4.69) is 19.9 Å². The number of Topliss-reactive ketones (excluding diaryl/α,β-unsaturated/α-hetero) is 1. The van der Waals surface area contributed by atoms with Gasteiger partial charge in [0.05, 0.1) is 12.5 Å². The summed E-state index contributed by atoms with van der Waals surface area (Å²) < 4.78 is 0. The van der Waals surface area contributed by atoms with E-state index in [0.29, 0.717) is 30.0 Å². The fourth-order valence-electron chi connectivity index (χ4n) is 7.15. The van der Waals surface area contributed by atoms with Crippen molar-refractivity contribution in [1.29, 1.82) is 0 Å². The molecule has 138 valence electrons. The molecule has 0 bridgehead atoms. The van der Waals surface area contributed by atoms with Crippen LogP contribution in [0.5, 0.6) is 0 Å². The highest BCUT2D eigenvalue weighted by Gasteiger charge is 2.61. The molecular weight excluding hydrogens is 316 g/mol. The Morgan fingerprint density at radius 1 is 1.28 bits per heavy atom. The second-order valence-electron chi connectivity index (χ2n) is 9.55. The number of carbonyl (C=O) groups excluding carboxylic acids is 1. The highest BCUT2D eigenvalue weighted by atomic mass is 16.4. The molecule has 0 radical (unpaired) electrons. The number of hydrogen-bond acceptors (Lipinski definition) is 3. The number of ketones is 1. The van der Waals surface area contributed by atoms with Crippen LogP contribution in [0.3, 0.4) is 0 Å². The summed E-state index contributed by atoms with van der Waals surface area (Å²) in [5.41, 5.74) is 0.743. The van der Waals surface area contributed by atoms with Gasteiger partial charge in [0.25, 0.3) is 0 Å². The van der Waals surface area contributed by atoms with Crippen molar-refractivity contribution in [2.24, 2.45) is 34.5 Å². The fourth-order valence-corrected chi connectivity index (χ4v) is 7.15. The molecule has 4 aliphatic rings. The molecule has 0 aromatic carbocycles. The molecule has 4 heteroatoms. The Kier molecular flexibility index (Phi) is 3.91. The van der Waals surface area contributed by atoms with Crippen LogP contribution >= 0.6 is 0 Å². The number of carboxylic acid groups (broad SMARTS) is 1. The zero-order valence-corrected chi connectivity index (χ0v) is 15.3. The molecule has 0 saturated heterocycles. The first kappa shape index (κ1) is 17.3. The third-order valence-corrected chi connectivity index (χ3v) is 8.41. The molecule has 0 unspecified atom stereocenters. The van der Waals surface area contributed by atoms with Crippen molar-refractivity contribution in [3.05, 3.63) is 11.6 Å². The lowest BCUT2D eigenvalue weighted by atomic mass is 9.44. The first-order chi connectivity index (χ1) is 11.8. The number of hydrogen-bond donors (Lipinski definition) is 2. The Balaban J connectivity index is 1.65. The Morgan fingerprint density at radius 3 is 2.76 bits per heavy atom. The summed E-state index contributed by atoms with van der Waals surface area (Å²) in [5.74, 6) is 0.915. The summed E-state index contributed by atoms with van der Waals surface area (Å²) in [6.45, 7) is 4.42. The summed E-state index contributed by atoms with van der Waals surface area (Å²) in [6.07, 6.45) is 8.18. The molecular formula is C21H30O4. The number of aliphatic hydroxyl groups excluding tert-OH is 1. The highest BCUT2D eigenvalue weighted by Crippen LogP contribution is 2.65. The smallest absolute Gasteiger partial charge is 0.307 e. The molecule has 7 atom stereocenters. The van der Waals surface area contributed by atoms with Crippen LogP contribution in [-0.2, 0) is 9.59 Å². The first-order valence-corrected chi connectivity index (χ1v) is 9.88. The van der Waals surface area contributed by atoms with Crippen molar-refractivity contribution in [3.8, 4) is 0 Å². The van der Waals surface area contributed by atoms with Crippen LogP contribution in [0.2, 0.25) is 0 Å². The lowest BCUT2D eigenvalue weighted by Crippen LogP contribution is -2.57. The molecule has 3 fully saturated rings. The molecule has 0 amide bonds. The number of carbonyl (C=O) groups is 2. The van der Waals surface area contributed by atoms with Crippen LogP contribution in [0.1, 0.15) is 65.2 Å². The molecule has 2 N–H and O–H groups in total. The maximum absolute atomic E-state index is 13.3. The summed E-state index contributed by atoms with van der Waals surface area (Å²) in [7, 11) is 0. The van der Waals surface area contributed by atoms with E-state index in [1.165, 1.54) is 0 Å². The summed E-state index contributed by atoms with van der Waals surface area (Å²) in [4.78, 5) is 24.6. The summed E-state index contributed by atoms with van der Waals surface area (Å²) in [6, 6.07) is 0. The minimum absolute atomic E-state index is 0.0239. The van der Waals surface area contributed by atoms with Gasteiger partial charge in [-0.15, -0.1) is 0 Å². The monoisotopic (exact) mass is 346 g/mol. The Labute approximate surface area is 149 Å². The molecule has 4 rings (SSSR count). The first-order valence-electron chi connectivity index (χ1n) is 9.88. The third kappa shape index (κ3) is 2.43. The van der Waals surface area contributed by atoms with Crippen LogP contribution < -0.4 is 0 Å². The lowest BCUT2D eigenvalue weighted by Gasteiger charge is -2.59. The number of fused-ring (bicyclic) bond motifs is 5. The Hall–Kier alpha value is -1.16. The topological polar surface area (TPSA) is 74.6 Å². The van der Waals surface area contributed by atoms with Crippen molar-refractivity contribution in [2.75, 3.05) is 0 Å². The summed E-state index contributed by atoms with van der Waals surface area (Å²) >= 11 is 0. The quantitative estimate of drug-likeness (QED) is 0.750. The predicted octanol–water partition coefficient (Wildman–Crippen LogP) is 3.58. The van der Waals surface area contributed by atoms with E-state index in [1.807, 2.05) is 0 Å². The standard InChI is InChI=1S/C21H30O4/c1-20-8-7-14(22)9-12(20)3-5-15-16-6-4-13(10-18(24)25)21(16,2)11-17(23)19(15)20/h4,12,14-16,19,22H,3,5-11H2,1-2H3,(H,24,25)/t12-,14+,15+,16-,19-,20+,21+/m0/s1. The van der Waals surface area contributed by atoms with Crippen molar-refractivity contribution in [3.63, 3.8) is 0 Å². The Morgan fingerprint density at radius 2 is 2.04 bits per heavy atom. The van der Waals surface area contributed by atoms with Crippen LogP contribution in [0.25, 0.3) is 0 Å². The van der Waals surface area contributed by atoms with Crippen molar-refractivity contribution in [1.82, 2.24) is 0 Å². The van der Waals surface area contributed by atoms with Crippen LogP contribution in [0, 0.1) is 34.5 Å². The molecule has 0 aliphatic heterocycles. The molecule has 0 aromatic rings. The average Bonchev–Trinajstić information content (AvgIpc) is 2.83. The third-order valence-electron chi connectivity index (χ3n) is 8.41. The minimum atomic E-state index is -0.792. The highest BCUT2D eigenvalue weighted by molar-refractivity contribution is 5.85. The second-order valence-corrected chi connectivity index (χ2v) is 9.55. The lowest BCUT2D eigenvalue weighted by molar-refractivity contribution is -0.158. The van der Waals surface area contributed by atoms with Gasteiger partial charge in [0.2, 0.25) is 0 Å². The number of carboxylic acids is 1. The van der Waals surface area contributed by atoms with Gasteiger partial charge >= 0.3 is 5.97 Å². The van der Waals surface area contributed by atoms with Crippen molar-refractivity contribution in [2.45, 2.75) is 71.3 Å². The average molecular weight is 346 g/mol. The SMILES string of the molecule is C[C@@]12CC[C@@H](O)C[C@@H]1CC[C@H]1[C@H]2C(=O)C[C@]2(C)C(CC(=O)O)=CC[C@@H]12. The zero-order valence-electron chi connectivity index (χ0n) is 15.3. The van der Waals surface area contributed by atoms with Gasteiger partial charge in [-0.2, -0.15) is 0 Å². The van der Waals surface area contributed by atoms with Crippen molar-refractivity contribution < 1.29 is 19.8 Å². The fraction of sp³-hybridized carbons (Fsp3) is 0.810. The second kappa shape index (κ2) is 5.67. The van der Waals surface area contributed by atoms with Gasteiger partial charge < -0.3 is 10.2 Å². The van der Waals surface area contributed by atoms with Gasteiger partial charge in [-0.25, -0.2) is 0 Å². The molecule has 4 nitrogen and oxygen atoms in total. The van der Waals surface area contributed by atoms with Crippen LogP contribution in [0.4, 0.5) is 0 Å². The van der Waals surface area contributed by atoms with E-state index in [9.17, 15) is 19.8 Å². The molecule has 25 heavy (non-hydrogen) atoms. The number of aliphatic carboxylic acids is 1. The van der Waals surface area contributed by atoms with E-state index in [4.69, 9.17) is 0 Å². The van der Waals surface area contributed by atoms with Gasteiger partial charge in [0.1, 0.15) is 5.78 Å². The van der Waals surface area contributed by atoms with Gasteiger partial charge in [-0.3, -0.25) is 9.59 Å². The normalized spacial score (nSPS) is 49.0. The van der Waals surface area contributed by atoms with E-state index < -0.39 is 5.97 Å². The van der Waals surface area contributed by atoms with Gasteiger partial charge in [-0.05, 0) is 67.1 Å². The van der Waals surface area contributed by atoms with Crippen molar-refractivity contribution >= 4 is 11.8 Å². The largest absolute Gasteiger partial charge is 0.481 e. The van der Waals surface area contributed by atoms with Crippen LogP contribution in [0.15, 0.2) is 11.6 Å². The molecule has 0 spiro atoms. The molecule has 4 aliphatic carbocycles. The Bertz CT molecular complexity index is 638. The van der Waals surface area contributed by atoms with E-state index >= 15 is 0 Å². The van der Waals surface area contributed by atoms with E-state index in [1.54, 1.807) is 0 Å². The van der Waals surface area contributed by atoms with Gasteiger partial charge in [0.15, 0.2) is 0 Å². The van der Waals surface area contributed by atoms with Gasteiger partial charge in [-0.1, -0.05) is 25.5 Å². The van der Waals surface area contributed by atoms with E-state index in [0.717, 1.165) is 44.1 Å². The molecule has 3 saturated carbocycles. The maximum atomic E-state index is 13.3. The number of rotatable bonds is 2. The van der Waals surface area contributed by atoms with Crippen LogP contribution in [-0.4, -0.2) is 28.1 Å². The minimum Gasteiger partial charge on any atom is -0.481 e. The summed E-state index contributed by atoms with van der Waals surface area (Å²) in [5, 5.41) is 19.3. The van der Waals surface area contributed by atoms with Gasteiger partial charge in [0, 0.05) is 12.3 Å². The maximum Gasteiger partial charge on any atom is 0.307 e. The number of allylic oxidation sites excluding steroid dienone is 1. The zero-order chi connectivity index (χ0) is 18.0. The number of aliphatic hydroxyl groups is 1. The predicted molar refractivity (Wildman–Crippen MR) is 93.8 cm³/mol. The molecule has 0 aromatic heterocycles.